The van der Waals surface area contributed by atoms with Crippen molar-refractivity contribution in [2.75, 3.05) is 12.3 Å². The monoisotopic (exact) mass is 281 g/mol. The first-order valence-corrected chi connectivity index (χ1v) is 7.31. The van der Waals surface area contributed by atoms with Crippen molar-refractivity contribution in [2.24, 2.45) is 0 Å². The van der Waals surface area contributed by atoms with Crippen LogP contribution < -0.4 is 16.4 Å². The Labute approximate surface area is 116 Å². The van der Waals surface area contributed by atoms with Crippen molar-refractivity contribution in [1.29, 1.82) is 0 Å². The van der Waals surface area contributed by atoms with Crippen molar-refractivity contribution in [3.8, 4) is 0 Å². The lowest BCUT2D eigenvalue weighted by atomic mass is 10.3. The normalized spacial score (nSPS) is 14.2. The average Bonchev–Trinajstić information content (AvgIpc) is 3.10. The Kier molecular flexibility index (Phi) is 4.42. The molecule has 0 aliphatic heterocycles. The third-order valence-corrected chi connectivity index (χ3v) is 4.05. The molecule has 1 aromatic heterocycles. The summed E-state index contributed by atoms with van der Waals surface area (Å²) in [5.74, 6) is -0.0413. The SMILES string of the molecule is Cc1sc(C(=O)NCCCC(=O)NC2CC2)cc1N. The molecule has 1 aliphatic carbocycles. The molecule has 1 heterocycles. The number of nitrogens with one attached hydrogen (secondary N) is 2. The third-order valence-electron chi connectivity index (χ3n) is 2.99. The molecule has 0 unspecified atom stereocenters. The molecule has 0 saturated heterocycles. The summed E-state index contributed by atoms with van der Waals surface area (Å²) in [7, 11) is 0. The number of thiophene rings is 1. The Bertz CT molecular complexity index is 461. The van der Waals surface area contributed by atoms with Gasteiger partial charge in [-0.3, -0.25) is 9.59 Å². The van der Waals surface area contributed by atoms with Gasteiger partial charge in [-0.05, 0) is 32.3 Å². The third kappa shape index (κ3) is 4.24. The maximum atomic E-state index is 11.8. The van der Waals surface area contributed by atoms with E-state index in [0.717, 1.165) is 17.7 Å². The van der Waals surface area contributed by atoms with Crippen molar-refractivity contribution < 1.29 is 9.59 Å². The van der Waals surface area contributed by atoms with Gasteiger partial charge in [0.15, 0.2) is 0 Å². The summed E-state index contributed by atoms with van der Waals surface area (Å²) in [6.07, 6.45) is 3.32. The summed E-state index contributed by atoms with van der Waals surface area (Å²) in [6.45, 7) is 2.40. The molecule has 2 amide bonds. The van der Waals surface area contributed by atoms with Crippen molar-refractivity contribution in [3.63, 3.8) is 0 Å². The highest BCUT2D eigenvalue weighted by Crippen LogP contribution is 2.23. The number of hydrogen-bond donors (Lipinski definition) is 3. The summed E-state index contributed by atoms with van der Waals surface area (Å²) in [5, 5.41) is 5.72. The Morgan fingerprint density at radius 3 is 2.79 bits per heavy atom. The van der Waals surface area contributed by atoms with Gasteiger partial charge in [-0.15, -0.1) is 11.3 Å². The molecule has 6 heteroatoms. The van der Waals surface area contributed by atoms with Crippen molar-refractivity contribution in [3.05, 3.63) is 15.8 Å². The van der Waals surface area contributed by atoms with Crippen LogP contribution in [0.2, 0.25) is 0 Å². The number of nitrogens with two attached hydrogens (primary N) is 1. The van der Waals surface area contributed by atoms with Crippen molar-refractivity contribution >= 4 is 28.8 Å². The topological polar surface area (TPSA) is 84.2 Å². The largest absolute Gasteiger partial charge is 0.398 e. The zero-order chi connectivity index (χ0) is 13.8. The smallest absolute Gasteiger partial charge is 0.261 e. The molecule has 0 spiro atoms. The number of aryl methyl sites for hydroxylation is 1. The van der Waals surface area contributed by atoms with Crippen LogP contribution in [0.15, 0.2) is 6.07 Å². The Hall–Kier alpha value is -1.56. The maximum absolute atomic E-state index is 11.8. The van der Waals surface area contributed by atoms with E-state index in [1.165, 1.54) is 11.3 Å². The molecule has 4 N–H and O–H groups in total. The van der Waals surface area contributed by atoms with Gasteiger partial charge in [0.2, 0.25) is 5.91 Å². The molecule has 104 valence electrons. The molecule has 1 fully saturated rings. The lowest BCUT2D eigenvalue weighted by Gasteiger charge is -2.04. The fraction of sp³-hybridized carbons (Fsp3) is 0.538. The summed E-state index contributed by atoms with van der Waals surface area (Å²) < 4.78 is 0. The first kappa shape index (κ1) is 13.9. The van der Waals surface area contributed by atoms with Gasteiger partial charge in [0, 0.05) is 29.6 Å². The van der Waals surface area contributed by atoms with Gasteiger partial charge in [-0.25, -0.2) is 0 Å². The summed E-state index contributed by atoms with van der Waals surface area (Å²) in [6, 6.07) is 2.09. The van der Waals surface area contributed by atoms with Crippen LogP contribution in [-0.2, 0) is 4.79 Å². The van der Waals surface area contributed by atoms with E-state index in [4.69, 9.17) is 5.73 Å². The minimum Gasteiger partial charge on any atom is -0.398 e. The van der Waals surface area contributed by atoms with E-state index in [2.05, 4.69) is 10.6 Å². The average molecular weight is 281 g/mol. The van der Waals surface area contributed by atoms with Crippen LogP contribution in [0.25, 0.3) is 0 Å². The van der Waals surface area contributed by atoms with E-state index < -0.39 is 0 Å². The van der Waals surface area contributed by atoms with Gasteiger partial charge < -0.3 is 16.4 Å². The van der Waals surface area contributed by atoms with Gasteiger partial charge in [0.1, 0.15) is 0 Å². The fourth-order valence-electron chi connectivity index (χ4n) is 1.67. The fourth-order valence-corrected chi connectivity index (χ4v) is 2.53. The van der Waals surface area contributed by atoms with Crippen LogP contribution in [0.3, 0.4) is 0 Å². The zero-order valence-corrected chi connectivity index (χ0v) is 11.8. The highest BCUT2D eigenvalue weighted by atomic mass is 32.1. The summed E-state index contributed by atoms with van der Waals surface area (Å²) >= 11 is 1.39. The first-order valence-electron chi connectivity index (χ1n) is 6.49. The van der Waals surface area contributed by atoms with E-state index in [9.17, 15) is 9.59 Å². The second-order valence-electron chi connectivity index (χ2n) is 4.82. The minimum atomic E-state index is -0.118. The van der Waals surface area contributed by atoms with Gasteiger partial charge in [-0.2, -0.15) is 0 Å². The Balaban J connectivity index is 1.64. The number of carbonyl (C=O) groups excluding carboxylic acids is 2. The Morgan fingerprint density at radius 1 is 1.47 bits per heavy atom. The number of carbonyl (C=O) groups is 2. The van der Waals surface area contributed by atoms with Crippen LogP contribution in [0.4, 0.5) is 5.69 Å². The maximum Gasteiger partial charge on any atom is 0.261 e. The number of nitrogen functional groups attached to an aromatic ring is 1. The van der Waals surface area contributed by atoms with E-state index in [1.807, 2.05) is 6.92 Å². The summed E-state index contributed by atoms with van der Waals surface area (Å²) in [4.78, 5) is 24.8. The molecule has 2 rings (SSSR count). The number of anilines is 1. The lowest BCUT2D eigenvalue weighted by Crippen LogP contribution is -2.28. The van der Waals surface area contributed by atoms with Crippen LogP contribution in [0.5, 0.6) is 0 Å². The van der Waals surface area contributed by atoms with Gasteiger partial charge in [-0.1, -0.05) is 0 Å². The molecule has 0 aromatic carbocycles. The van der Waals surface area contributed by atoms with Crippen LogP contribution in [-0.4, -0.2) is 24.4 Å². The molecule has 5 nitrogen and oxygen atoms in total. The van der Waals surface area contributed by atoms with E-state index in [-0.39, 0.29) is 11.8 Å². The van der Waals surface area contributed by atoms with Crippen LogP contribution in [0, 0.1) is 6.92 Å². The molecule has 1 aromatic rings. The highest BCUT2D eigenvalue weighted by Gasteiger charge is 2.22. The zero-order valence-electron chi connectivity index (χ0n) is 11.0. The standard InChI is InChI=1S/C13H19N3O2S/c1-8-10(14)7-11(19-8)13(18)15-6-2-3-12(17)16-9-4-5-9/h7,9H,2-6,14H2,1H3,(H,15,18)(H,16,17). The van der Waals surface area contributed by atoms with Crippen molar-refractivity contribution in [2.45, 2.75) is 38.6 Å². The second kappa shape index (κ2) is 6.06. The number of hydrogen-bond acceptors (Lipinski definition) is 4. The molecule has 1 saturated carbocycles. The first-order chi connectivity index (χ1) is 9.06. The predicted octanol–water partition coefficient (Wildman–Crippen LogP) is 1.43. The van der Waals surface area contributed by atoms with Gasteiger partial charge in [0.05, 0.1) is 4.88 Å². The molecule has 0 bridgehead atoms. The van der Waals surface area contributed by atoms with E-state index in [0.29, 0.717) is 36.0 Å². The van der Waals surface area contributed by atoms with Gasteiger partial charge in [0.25, 0.3) is 5.91 Å². The molecule has 1 aliphatic rings. The molecule has 19 heavy (non-hydrogen) atoms. The summed E-state index contributed by atoms with van der Waals surface area (Å²) in [5.41, 5.74) is 6.35. The number of amides is 2. The predicted molar refractivity (Wildman–Crippen MR) is 76.2 cm³/mol. The van der Waals surface area contributed by atoms with Crippen molar-refractivity contribution in [1.82, 2.24) is 10.6 Å². The van der Waals surface area contributed by atoms with E-state index >= 15 is 0 Å². The van der Waals surface area contributed by atoms with Gasteiger partial charge >= 0.3 is 0 Å². The second-order valence-corrected chi connectivity index (χ2v) is 6.08. The quantitative estimate of drug-likeness (QED) is 0.690. The van der Waals surface area contributed by atoms with Crippen LogP contribution >= 0.6 is 11.3 Å². The highest BCUT2D eigenvalue weighted by molar-refractivity contribution is 7.14. The van der Waals surface area contributed by atoms with E-state index in [1.54, 1.807) is 6.07 Å². The molecule has 0 radical (unpaired) electrons. The Morgan fingerprint density at radius 2 is 2.21 bits per heavy atom. The lowest BCUT2D eigenvalue weighted by molar-refractivity contribution is -0.121. The van der Waals surface area contributed by atoms with Crippen LogP contribution in [0.1, 0.15) is 40.2 Å². The molecular weight excluding hydrogens is 262 g/mol. The minimum absolute atomic E-state index is 0.0768. The number of rotatable bonds is 6. The molecule has 0 atom stereocenters. The molecular formula is C13H19N3O2S.